The van der Waals surface area contributed by atoms with Crippen LogP contribution >= 0.6 is 15.9 Å². The molecule has 0 aliphatic rings. The average Bonchev–Trinajstić information content (AvgIpc) is 2.97. The third-order valence-electron chi connectivity index (χ3n) is 3.35. The molecule has 3 rings (SSSR count). The number of halogens is 1. The van der Waals surface area contributed by atoms with E-state index in [2.05, 4.69) is 25.9 Å². The highest BCUT2D eigenvalue weighted by Crippen LogP contribution is 2.25. The second-order valence-electron chi connectivity index (χ2n) is 4.56. The quantitative estimate of drug-likeness (QED) is 0.761. The van der Waals surface area contributed by atoms with Gasteiger partial charge in [0.15, 0.2) is 5.58 Å². The van der Waals surface area contributed by atoms with Crippen molar-refractivity contribution in [2.45, 2.75) is 5.92 Å². The summed E-state index contributed by atoms with van der Waals surface area (Å²) >= 11 is 3.34. The fraction of sp³-hybridized carbons (Fsp3) is 0.231. The molecule has 104 valence electrons. The second-order valence-corrected chi connectivity index (χ2v) is 5.41. The first-order chi connectivity index (χ1) is 9.60. The highest BCUT2D eigenvalue weighted by atomic mass is 79.9. The maximum atomic E-state index is 11.5. The van der Waals surface area contributed by atoms with E-state index < -0.39 is 0 Å². The fourth-order valence-corrected chi connectivity index (χ4v) is 2.56. The fourth-order valence-electron chi connectivity index (χ4n) is 2.26. The summed E-state index contributed by atoms with van der Waals surface area (Å²) < 4.78 is 7.41. The third kappa shape index (κ3) is 2.08. The summed E-state index contributed by atoms with van der Waals surface area (Å²) in [6.07, 6.45) is 1.70. The molecule has 0 saturated heterocycles. The van der Waals surface area contributed by atoms with Crippen LogP contribution in [0.5, 0.6) is 0 Å². The summed E-state index contributed by atoms with van der Waals surface area (Å²) in [6, 6.07) is 5.60. The Morgan fingerprint density at radius 1 is 1.55 bits per heavy atom. The average molecular weight is 337 g/mol. The van der Waals surface area contributed by atoms with Crippen LogP contribution in [0, 0.1) is 0 Å². The zero-order chi connectivity index (χ0) is 14.3. The number of aromatic nitrogens is 3. The van der Waals surface area contributed by atoms with Crippen molar-refractivity contribution in [3.63, 3.8) is 0 Å². The van der Waals surface area contributed by atoms with Gasteiger partial charge in [-0.25, -0.2) is 9.78 Å². The van der Waals surface area contributed by atoms with Crippen LogP contribution in [0.15, 0.2) is 38.2 Å². The number of fused-ring (bicyclic) bond motifs is 1. The zero-order valence-corrected chi connectivity index (χ0v) is 12.3. The van der Waals surface area contributed by atoms with Crippen molar-refractivity contribution in [1.82, 2.24) is 14.5 Å². The molecule has 0 bridgehead atoms. The molecule has 6 nitrogen and oxygen atoms in total. The Kier molecular flexibility index (Phi) is 3.23. The Balaban J connectivity index is 2.12. The van der Waals surface area contributed by atoms with Gasteiger partial charge in [-0.1, -0.05) is 6.07 Å². The minimum absolute atomic E-state index is 0.0595. The Hall–Kier alpha value is -1.86. The van der Waals surface area contributed by atoms with Gasteiger partial charge >= 0.3 is 5.76 Å². The number of benzene rings is 1. The van der Waals surface area contributed by atoms with Gasteiger partial charge in [-0.15, -0.1) is 0 Å². The standard InChI is InChI=1S/C13H13BrN4O2/c1-18-9-4-7(2-3-10(9)20-13(18)19)8(5-15)12-16-6-11(14)17-12/h2-4,6,8H,5,15H2,1H3,(H,16,17). The van der Waals surface area contributed by atoms with Crippen molar-refractivity contribution in [3.8, 4) is 0 Å². The minimum Gasteiger partial charge on any atom is -0.408 e. The maximum absolute atomic E-state index is 11.5. The highest BCUT2D eigenvalue weighted by Gasteiger charge is 2.17. The van der Waals surface area contributed by atoms with Crippen molar-refractivity contribution in [1.29, 1.82) is 0 Å². The van der Waals surface area contributed by atoms with Crippen molar-refractivity contribution in [3.05, 3.63) is 50.9 Å². The lowest BCUT2D eigenvalue weighted by molar-refractivity contribution is 0.528. The van der Waals surface area contributed by atoms with Crippen molar-refractivity contribution < 1.29 is 4.42 Å². The van der Waals surface area contributed by atoms with Gasteiger partial charge in [0.25, 0.3) is 0 Å². The van der Waals surface area contributed by atoms with Gasteiger partial charge in [0, 0.05) is 13.6 Å². The van der Waals surface area contributed by atoms with E-state index in [1.165, 1.54) is 4.57 Å². The molecule has 0 amide bonds. The van der Waals surface area contributed by atoms with Crippen molar-refractivity contribution in [2.75, 3.05) is 6.54 Å². The van der Waals surface area contributed by atoms with E-state index in [9.17, 15) is 4.79 Å². The van der Waals surface area contributed by atoms with Crippen LogP contribution < -0.4 is 11.5 Å². The van der Waals surface area contributed by atoms with Crippen LogP contribution in [0.25, 0.3) is 11.1 Å². The Morgan fingerprint density at radius 3 is 3.00 bits per heavy atom. The number of nitrogens with zero attached hydrogens (tertiary/aromatic N) is 2. The molecule has 2 aromatic heterocycles. The Morgan fingerprint density at radius 2 is 2.35 bits per heavy atom. The molecule has 7 heteroatoms. The molecule has 2 heterocycles. The third-order valence-corrected chi connectivity index (χ3v) is 3.75. The SMILES string of the molecule is Cn1c(=O)oc2ccc(C(CN)c3ncc(Br)[nH]3)cc21. The number of H-pyrrole nitrogens is 1. The van der Waals surface area contributed by atoms with E-state index in [-0.39, 0.29) is 11.7 Å². The first-order valence-corrected chi connectivity index (χ1v) is 6.89. The number of nitrogens with two attached hydrogens (primary N) is 1. The molecule has 0 radical (unpaired) electrons. The summed E-state index contributed by atoms with van der Waals surface area (Å²) in [7, 11) is 1.68. The summed E-state index contributed by atoms with van der Waals surface area (Å²) in [5, 5.41) is 0. The molecule has 1 aromatic carbocycles. The maximum Gasteiger partial charge on any atom is 0.419 e. The molecular weight excluding hydrogens is 324 g/mol. The van der Waals surface area contributed by atoms with Gasteiger partial charge in [-0.2, -0.15) is 0 Å². The van der Waals surface area contributed by atoms with Gasteiger partial charge in [0.05, 0.1) is 17.6 Å². The molecule has 20 heavy (non-hydrogen) atoms. The van der Waals surface area contributed by atoms with Gasteiger partial charge in [0.2, 0.25) is 0 Å². The van der Waals surface area contributed by atoms with Crippen LogP contribution in [0.4, 0.5) is 0 Å². The number of oxazole rings is 1. The number of aryl methyl sites for hydroxylation is 1. The van der Waals surface area contributed by atoms with Crippen LogP contribution in [0.2, 0.25) is 0 Å². The summed E-state index contributed by atoms with van der Waals surface area (Å²) in [5.41, 5.74) is 8.16. The number of aromatic amines is 1. The second kappa shape index (κ2) is 4.92. The highest BCUT2D eigenvalue weighted by molar-refractivity contribution is 9.10. The van der Waals surface area contributed by atoms with E-state index >= 15 is 0 Å². The molecule has 3 aromatic rings. The van der Waals surface area contributed by atoms with Crippen LogP contribution in [0.3, 0.4) is 0 Å². The lowest BCUT2D eigenvalue weighted by atomic mass is 9.98. The number of hydrogen-bond donors (Lipinski definition) is 2. The predicted octanol–water partition coefficient (Wildman–Crippen LogP) is 1.71. The number of nitrogens with one attached hydrogen (secondary N) is 1. The van der Waals surface area contributed by atoms with E-state index in [4.69, 9.17) is 10.2 Å². The van der Waals surface area contributed by atoms with E-state index in [1.807, 2.05) is 12.1 Å². The Labute approximate surface area is 122 Å². The molecule has 1 atom stereocenters. The smallest absolute Gasteiger partial charge is 0.408 e. The summed E-state index contributed by atoms with van der Waals surface area (Å²) in [4.78, 5) is 18.9. The van der Waals surface area contributed by atoms with Crippen molar-refractivity contribution >= 4 is 27.0 Å². The van der Waals surface area contributed by atoms with Crippen molar-refractivity contribution in [2.24, 2.45) is 12.8 Å². The first kappa shape index (κ1) is 13.1. The molecule has 0 fully saturated rings. The summed E-state index contributed by atoms with van der Waals surface area (Å²) in [5.74, 6) is 0.352. The normalized spacial score (nSPS) is 12.9. The summed E-state index contributed by atoms with van der Waals surface area (Å²) in [6.45, 7) is 0.414. The Bertz CT molecular complexity index is 817. The van der Waals surface area contributed by atoms with Gasteiger partial charge < -0.3 is 15.1 Å². The number of hydrogen-bond acceptors (Lipinski definition) is 4. The largest absolute Gasteiger partial charge is 0.419 e. The molecule has 0 spiro atoms. The predicted molar refractivity (Wildman–Crippen MR) is 78.6 cm³/mol. The van der Waals surface area contributed by atoms with E-state index in [1.54, 1.807) is 19.3 Å². The topological polar surface area (TPSA) is 89.8 Å². The molecular formula is C13H13BrN4O2. The number of rotatable bonds is 3. The lowest BCUT2D eigenvalue weighted by Gasteiger charge is -2.12. The molecule has 3 N–H and O–H groups in total. The minimum atomic E-state index is -0.373. The van der Waals surface area contributed by atoms with Gasteiger partial charge in [0.1, 0.15) is 10.4 Å². The van der Waals surface area contributed by atoms with Crippen LogP contribution in [0.1, 0.15) is 17.3 Å². The molecule has 0 aliphatic carbocycles. The van der Waals surface area contributed by atoms with E-state index in [0.29, 0.717) is 12.1 Å². The molecule has 0 saturated carbocycles. The van der Waals surface area contributed by atoms with Gasteiger partial charge in [-0.05, 0) is 33.6 Å². The van der Waals surface area contributed by atoms with Crippen LogP contribution in [-0.2, 0) is 7.05 Å². The van der Waals surface area contributed by atoms with Crippen LogP contribution in [-0.4, -0.2) is 21.1 Å². The van der Waals surface area contributed by atoms with E-state index in [0.717, 1.165) is 21.5 Å². The number of imidazole rings is 1. The monoisotopic (exact) mass is 336 g/mol. The lowest BCUT2D eigenvalue weighted by Crippen LogP contribution is -2.15. The van der Waals surface area contributed by atoms with Gasteiger partial charge in [-0.3, -0.25) is 4.57 Å². The first-order valence-electron chi connectivity index (χ1n) is 6.10. The molecule has 0 aliphatic heterocycles. The molecule has 1 unspecified atom stereocenters. The zero-order valence-electron chi connectivity index (χ0n) is 10.8.